The molecule has 1 heterocycles. The molecule has 0 amide bonds. The molecule has 0 unspecified atom stereocenters. The highest BCUT2D eigenvalue weighted by atomic mass is 79.9. The van der Waals surface area contributed by atoms with Gasteiger partial charge >= 0.3 is 5.97 Å². The number of benzene rings is 5. The standard InChI is InChI=1S/C33H25BrN2O2/c1-22-19-20-23-11-5-6-14-25(23)27(22)21-36-30-18-10-9-17-29(30)35-32(36)31(24-12-3-2-4-13-24)38-33(37)26-15-7-8-16-28(26)34/h2-20,31H,21H2,1H3/t31-/m1/s1. The number of ether oxygens (including phenoxy) is 1. The molecule has 0 aliphatic rings. The number of para-hydroxylation sites is 2. The van der Waals surface area contributed by atoms with Gasteiger partial charge in [0.1, 0.15) is 0 Å². The number of fused-ring (bicyclic) bond motifs is 2. The summed E-state index contributed by atoms with van der Waals surface area (Å²) in [7, 11) is 0. The second-order valence-corrected chi connectivity index (χ2v) is 10.2. The van der Waals surface area contributed by atoms with E-state index < -0.39 is 12.1 Å². The molecule has 0 fully saturated rings. The van der Waals surface area contributed by atoms with Crippen LogP contribution in [0.5, 0.6) is 0 Å². The van der Waals surface area contributed by atoms with E-state index in [1.807, 2.05) is 66.7 Å². The van der Waals surface area contributed by atoms with Crippen LogP contribution in [0.3, 0.4) is 0 Å². The molecule has 0 saturated carbocycles. The fraction of sp³-hybridized carbons (Fsp3) is 0.0909. The smallest absolute Gasteiger partial charge is 0.340 e. The number of halogens is 1. The van der Waals surface area contributed by atoms with Crippen molar-refractivity contribution in [3.8, 4) is 0 Å². The lowest BCUT2D eigenvalue weighted by atomic mass is 9.99. The Balaban J connectivity index is 1.53. The first kappa shape index (κ1) is 24.1. The second kappa shape index (κ2) is 10.3. The Hall–Kier alpha value is -4.22. The van der Waals surface area contributed by atoms with Crippen molar-refractivity contribution in [2.75, 3.05) is 0 Å². The van der Waals surface area contributed by atoms with Crippen LogP contribution in [0.4, 0.5) is 0 Å². The van der Waals surface area contributed by atoms with E-state index >= 15 is 0 Å². The van der Waals surface area contributed by atoms with E-state index in [9.17, 15) is 4.79 Å². The zero-order valence-corrected chi connectivity index (χ0v) is 22.4. The number of hydrogen-bond donors (Lipinski definition) is 0. The van der Waals surface area contributed by atoms with Crippen LogP contribution in [0, 0.1) is 6.92 Å². The average molecular weight is 561 g/mol. The van der Waals surface area contributed by atoms with E-state index in [0.29, 0.717) is 22.4 Å². The quantitative estimate of drug-likeness (QED) is 0.192. The summed E-state index contributed by atoms with van der Waals surface area (Å²) in [6.45, 7) is 2.74. The van der Waals surface area contributed by atoms with Crippen molar-refractivity contribution in [1.82, 2.24) is 9.55 Å². The molecule has 6 aromatic rings. The molecular weight excluding hydrogens is 536 g/mol. The second-order valence-electron chi connectivity index (χ2n) is 9.30. The Bertz CT molecular complexity index is 1780. The monoisotopic (exact) mass is 560 g/mol. The van der Waals surface area contributed by atoms with Gasteiger partial charge < -0.3 is 9.30 Å². The Morgan fingerprint density at radius 1 is 0.842 bits per heavy atom. The summed E-state index contributed by atoms with van der Waals surface area (Å²) in [6, 6.07) is 38.0. The largest absolute Gasteiger partial charge is 0.446 e. The SMILES string of the molecule is Cc1ccc2ccccc2c1Cn1c([C@H](OC(=O)c2ccccc2Br)c2ccccc2)nc2ccccc21. The summed E-state index contributed by atoms with van der Waals surface area (Å²) in [4.78, 5) is 18.5. The molecule has 0 aliphatic heterocycles. The average Bonchev–Trinajstić information content (AvgIpc) is 3.32. The number of imidazole rings is 1. The van der Waals surface area contributed by atoms with Crippen LogP contribution in [-0.2, 0) is 11.3 Å². The van der Waals surface area contributed by atoms with Crippen LogP contribution in [0.2, 0.25) is 0 Å². The van der Waals surface area contributed by atoms with Gasteiger partial charge in [0.2, 0.25) is 0 Å². The highest BCUT2D eigenvalue weighted by Crippen LogP contribution is 2.33. The number of carbonyl (C=O) groups excluding carboxylic acids is 1. The first-order chi connectivity index (χ1) is 18.6. The molecule has 5 aromatic carbocycles. The number of nitrogens with zero attached hydrogens (tertiary/aromatic N) is 2. The fourth-order valence-electron chi connectivity index (χ4n) is 4.97. The molecule has 0 saturated heterocycles. The molecule has 6 rings (SSSR count). The highest BCUT2D eigenvalue weighted by Gasteiger charge is 2.27. The van der Waals surface area contributed by atoms with E-state index in [4.69, 9.17) is 9.72 Å². The molecule has 5 heteroatoms. The van der Waals surface area contributed by atoms with Crippen LogP contribution in [0.15, 0.2) is 120 Å². The summed E-state index contributed by atoms with van der Waals surface area (Å²) in [5, 5.41) is 2.40. The maximum atomic E-state index is 13.4. The molecule has 186 valence electrons. The predicted molar refractivity (Wildman–Crippen MR) is 155 cm³/mol. The minimum atomic E-state index is -0.696. The maximum Gasteiger partial charge on any atom is 0.340 e. The third-order valence-corrected chi connectivity index (χ3v) is 7.62. The van der Waals surface area contributed by atoms with Crippen molar-refractivity contribution >= 4 is 43.7 Å². The number of aromatic nitrogens is 2. The lowest BCUT2D eigenvalue weighted by Gasteiger charge is -2.21. The molecule has 0 N–H and O–H groups in total. The van der Waals surface area contributed by atoms with E-state index in [2.05, 4.69) is 69.9 Å². The van der Waals surface area contributed by atoms with E-state index in [1.165, 1.54) is 21.9 Å². The van der Waals surface area contributed by atoms with Crippen LogP contribution >= 0.6 is 15.9 Å². The van der Waals surface area contributed by atoms with Gasteiger partial charge in [-0.05, 0) is 69.0 Å². The van der Waals surface area contributed by atoms with Crippen molar-refractivity contribution in [3.05, 3.63) is 148 Å². The maximum absolute atomic E-state index is 13.4. The molecule has 4 nitrogen and oxygen atoms in total. The van der Waals surface area contributed by atoms with Crippen LogP contribution in [0.25, 0.3) is 21.8 Å². The molecule has 0 radical (unpaired) electrons. The van der Waals surface area contributed by atoms with Gasteiger partial charge in [-0.15, -0.1) is 0 Å². The van der Waals surface area contributed by atoms with Gasteiger partial charge in [-0.3, -0.25) is 0 Å². The Morgan fingerprint density at radius 3 is 2.39 bits per heavy atom. The predicted octanol–water partition coefficient (Wildman–Crippen LogP) is 8.26. The number of carbonyl (C=O) groups is 1. The molecule has 1 aromatic heterocycles. The summed E-state index contributed by atoms with van der Waals surface area (Å²) in [6.07, 6.45) is -0.696. The molecule has 38 heavy (non-hydrogen) atoms. The highest BCUT2D eigenvalue weighted by molar-refractivity contribution is 9.10. The number of esters is 1. The minimum absolute atomic E-state index is 0.411. The van der Waals surface area contributed by atoms with Crippen molar-refractivity contribution in [2.24, 2.45) is 0 Å². The van der Waals surface area contributed by atoms with Crippen molar-refractivity contribution in [2.45, 2.75) is 19.6 Å². The first-order valence-electron chi connectivity index (χ1n) is 12.5. The topological polar surface area (TPSA) is 44.1 Å². The minimum Gasteiger partial charge on any atom is -0.446 e. The summed E-state index contributed by atoms with van der Waals surface area (Å²) in [5.41, 5.74) is 5.61. The third kappa shape index (κ3) is 4.50. The number of hydrogen-bond acceptors (Lipinski definition) is 3. The normalized spacial score (nSPS) is 12.1. The van der Waals surface area contributed by atoms with Gasteiger partial charge in [0.25, 0.3) is 0 Å². The zero-order chi connectivity index (χ0) is 26.1. The van der Waals surface area contributed by atoms with Crippen LogP contribution in [-0.4, -0.2) is 15.5 Å². The van der Waals surface area contributed by atoms with Gasteiger partial charge in [0.15, 0.2) is 11.9 Å². The third-order valence-electron chi connectivity index (χ3n) is 6.93. The first-order valence-corrected chi connectivity index (χ1v) is 13.3. The van der Waals surface area contributed by atoms with Crippen molar-refractivity contribution in [1.29, 1.82) is 0 Å². The molecule has 1 atom stereocenters. The molecule has 0 bridgehead atoms. The van der Waals surface area contributed by atoms with Gasteiger partial charge in [-0.2, -0.15) is 0 Å². The Morgan fingerprint density at radius 2 is 1.55 bits per heavy atom. The van der Waals surface area contributed by atoms with Crippen molar-refractivity contribution < 1.29 is 9.53 Å². The number of aryl methyl sites for hydroxylation is 1. The Labute approximate surface area is 229 Å². The summed E-state index contributed by atoms with van der Waals surface area (Å²) >= 11 is 3.50. The fourth-order valence-corrected chi connectivity index (χ4v) is 5.41. The van der Waals surface area contributed by atoms with E-state index in [1.54, 1.807) is 6.07 Å². The summed E-state index contributed by atoms with van der Waals surface area (Å²) in [5.74, 6) is 0.274. The van der Waals surface area contributed by atoms with Crippen molar-refractivity contribution in [3.63, 3.8) is 0 Å². The molecule has 0 spiro atoms. The lowest BCUT2D eigenvalue weighted by molar-refractivity contribution is 0.0356. The summed E-state index contributed by atoms with van der Waals surface area (Å²) < 4.78 is 9.14. The number of rotatable bonds is 6. The van der Waals surface area contributed by atoms with Crippen LogP contribution < -0.4 is 0 Å². The molecular formula is C33H25BrN2O2. The van der Waals surface area contributed by atoms with Gasteiger partial charge in [0.05, 0.1) is 23.1 Å². The van der Waals surface area contributed by atoms with E-state index in [-0.39, 0.29) is 0 Å². The van der Waals surface area contributed by atoms with Gasteiger partial charge in [-0.25, -0.2) is 9.78 Å². The van der Waals surface area contributed by atoms with Gasteiger partial charge in [0, 0.05) is 10.0 Å². The Kier molecular flexibility index (Phi) is 6.52. The lowest BCUT2D eigenvalue weighted by Crippen LogP contribution is -2.18. The molecule has 0 aliphatic carbocycles. The zero-order valence-electron chi connectivity index (χ0n) is 20.8. The van der Waals surface area contributed by atoms with Crippen LogP contribution in [0.1, 0.15) is 39.0 Å². The van der Waals surface area contributed by atoms with E-state index in [0.717, 1.165) is 16.6 Å². The van der Waals surface area contributed by atoms with Gasteiger partial charge in [-0.1, -0.05) is 91.0 Å².